The third kappa shape index (κ3) is 4.35. The molecule has 1 fully saturated rings. The molecule has 156 valence electrons. The van der Waals surface area contributed by atoms with Gasteiger partial charge in [0.1, 0.15) is 24.5 Å². The smallest absolute Gasteiger partial charge is 0.267 e. The van der Waals surface area contributed by atoms with E-state index in [0.717, 1.165) is 29.2 Å². The number of morpholine rings is 1. The minimum Gasteiger partial charge on any atom is -0.378 e. The normalized spacial score (nSPS) is 14.0. The van der Waals surface area contributed by atoms with Crippen molar-refractivity contribution in [1.29, 1.82) is 0 Å². The Bertz CT molecular complexity index is 1120. The number of aromatic nitrogens is 6. The molecule has 11 nitrogen and oxygen atoms in total. The lowest BCUT2D eigenvalue weighted by molar-refractivity contribution is -0.117. The first kappa shape index (κ1) is 19.7. The number of hydrogen-bond acceptors (Lipinski definition) is 8. The Morgan fingerprint density at radius 1 is 1.10 bits per heavy atom. The van der Waals surface area contributed by atoms with Crippen molar-refractivity contribution >= 4 is 17.5 Å². The summed E-state index contributed by atoms with van der Waals surface area (Å²) in [5.74, 6) is 1.12. The van der Waals surface area contributed by atoms with Gasteiger partial charge in [-0.2, -0.15) is 5.10 Å². The van der Waals surface area contributed by atoms with Gasteiger partial charge in [0.25, 0.3) is 5.56 Å². The van der Waals surface area contributed by atoms with Crippen molar-refractivity contribution < 1.29 is 9.53 Å². The molecule has 3 aromatic heterocycles. The second-order valence-electron chi connectivity index (χ2n) is 6.94. The predicted molar refractivity (Wildman–Crippen MR) is 109 cm³/mol. The number of ether oxygens (including phenoxy) is 1. The number of anilines is 2. The van der Waals surface area contributed by atoms with Gasteiger partial charge in [-0.05, 0) is 26.0 Å². The summed E-state index contributed by atoms with van der Waals surface area (Å²) in [4.78, 5) is 35.1. The van der Waals surface area contributed by atoms with Crippen LogP contribution in [0.5, 0.6) is 0 Å². The maximum atomic E-state index is 12.5. The molecule has 0 radical (unpaired) electrons. The summed E-state index contributed by atoms with van der Waals surface area (Å²) in [6.45, 7) is 6.23. The Balaban J connectivity index is 1.48. The van der Waals surface area contributed by atoms with Crippen LogP contribution in [0.25, 0.3) is 5.82 Å². The largest absolute Gasteiger partial charge is 0.378 e. The summed E-state index contributed by atoms with van der Waals surface area (Å²) in [6.07, 6.45) is 1.40. The Labute approximate surface area is 172 Å². The average Bonchev–Trinajstić information content (AvgIpc) is 3.08. The van der Waals surface area contributed by atoms with Gasteiger partial charge in [0.15, 0.2) is 5.82 Å². The lowest BCUT2D eigenvalue weighted by atomic mass is 10.4. The molecular weight excluding hydrogens is 388 g/mol. The zero-order chi connectivity index (χ0) is 21.1. The fourth-order valence-electron chi connectivity index (χ4n) is 3.22. The molecule has 30 heavy (non-hydrogen) atoms. The summed E-state index contributed by atoms with van der Waals surface area (Å²) in [7, 11) is 0. The average molecular weight is 410 g/mol. The second kappa shape index (κ2) is 8.41. The monoisotopic (exact) mass is 410 g/mol. The van der Waals surface area contributed by atoms with E-state index in [-0.39, 0.29) is 12.1 Å². The van der Waals surface area contributed by atoms with Gasteiger partial charge in [0.05, 0.1) is 18.9 Å². The molecule has 4 heterocycles. The number of aryl methyl sites for hydroxylation is 2. The second-order valence-corrected chi connectivity index (χ2v) is 6.94. The Morgan fingerprint density at radius 2 is 1.90 bits per heavy atom. The van der Waals surface area contributed by atoms with Crippen LogP contribution in [0.2, 0.25) is 0 Å². The van der Waals surface area contributed by atoms with Gasteiger partial charge in [-0.1, -0.05) is 0 Å². The van der Waals surface area contributed by atoms with Crippen LogP contribution in [0.15, 0.2) is 35.4 Å². The number of hydrogen-bond donors (Lipinski definition) is 1. The highest BCUT2D eigenvalue weighted by atomic mass is 16.5. The molecule has 0 aliphatic carbocycles. The lowest BCUT2D eigenvalue weighted by Crippen LogP contribution is -2.36. The highest BCUT2D eigenvalue weighted by Crippen LogP contribution is 2.15. The minimum atomic E-state index is -0.415. The van der Waals surface area contributed by atoms with Crippen LogP contribution in [0.3, 0.4) is 0 Å². The molecule has 0 bridgehead atoms. The maximum Gasteiger partial charge on any atom is 0.267 e. The zero-order valence-electron chi connectivity index (χ0n) is 16.8. The SMILES string of the molecule is Cc1cc(C)n(-c2ccc(=O)n(CC(=O)Nc3cc(N4CCOCC4)ncn3)n2)n1. The van der Waals surface area contributed by atoms with Gasteiger partial charge < -0.3 is 15.0 Å². The van der Waals surface area contributed by atoms with Crippen molar-refractivity contribution in [2.45, 2.75) is 20.4 Å². The van der Waals surface area contributed by atoms with Gasteiger partial charge >= 0.3 is 0 Å². The third-order valence-corrected chi connectivity index (χ3v) is 4.63. The standard InChI is InChI=1S/C19H22N8O3/c1-13-9-14(2)27(23-13)16-3-4-19(29)26(24-16)11-18(28)22-15-10-17(21-12-20-15)25-5-7-30-8-6-25/h3-4,9-10,12H,5-8,11H2,1-2H3,(H,20,21,22,28). The minimum absolute atomic E-state index is 0.247. The molecule has 1 saturated heterocycles. The van der Waals surface area contributed by atoms with E-state index in [2.05, 4.69) is 30.4 Å². The molecule has 0 atom stereocenters. The van der Waals surface area contributed by atoms with Crippen molar-refractivity contribution in [2.24, 2.45) is 0 Å². The van der Waals surface area contributed by atoms with Crippen LogP contribution < -0.4 is 15.8 Å². The number of amides is 1. The van der Waals surface area contributed by atoms with Gasteiger partial charge in [-0.15, -0.1) is 5.10 Å². The fraction of sp³-hybridized carbons (Fsp3) is 0.368. The highest BCUT2D eigenvalue weighted by molar-refractivity contribution is 5.89. The maximum absolute atomic E-state index is 12.5. The number of carbonyl (C=O) groups is 1. The van der Waals surface area contributed by atoms with Crippen LogP contribution >= 0.6 is 0 Å². The van der Waals surface area contributed by atoms with Crippen molar-refractivity contribution in [3.63, 3.8) is 0 Å². The number of nitrogens with one attached hydrogen (secondary N) is 1. The van der Waals surface area contributed by atoms with Crippen molar-refractivity contribution in [3.8, 4) is 5.82 Å². The van der Waals surface area contributed by atoms with E-state index in [1.54, 1.807) is 16.8 Å². The molecule has 1 amide bonds. The van der Waals surface area contributed by atoms with E-state index in [0.29, 0.717) is 30.7 Å². The van der Waals surface area contributed by atoms with Crippen molar-refractivity contribution in [2.75, 3.05) is 36.5 Å². The van der Waals surface area contributed by atoms with E-state index in [4.69, 9.17) is 4.74 Å². The van der Waals surface area contributed by atoms with Gasteiger partial charge in [0, 0.05) is 30.9 Å². The summed E-state index contributed by atoms with van der Waals surface area (Å²) in [6, 6.07) is 6.55. The number of rotatable bonds is 5. The van der Waals surface area contributed by atoms with E-state index in [1.807, 2.05) is 19.9 Å². The predicted octanol–water partition coefficient (Wildman–Crippen LogP) is 0.311. The Morgan fingerprint density at radius 3 is 2.63 bits per heavy atom. The number of nitrogens with zero attached hydrogens (tertiary/aromatic N) is 7. The fourth-order valence-corrected chi connectivity index (χ4v) is 3.22. The molecule has 4 rings (SSSR count). The molecule has 11 heteroatoms. The lowest BCUT2D eigenvalue weighted by Gasteiger charge is -2.27. The first-order valence-electron chi connectivity index (χ1n) is 9.56. The molecule has 0 spiro atoms. The first-order chi connectivity index (χ1) is 14.5. The summed E-state index contributed by atoms with van der Waals surface area (Å²) < 4.78 is 8.07. The summed E-state index contributed by atoms with van der Waals surface area (Å²) in [5.41, 5.74) is 1.34. The van der Waals surface area contributed by atoms with E-state index in [1.165, 1.54) is 12.4 Å². The quantitative estimate of drug-likeness (QED) is 0.638. The van der Waals surface area contributed by atoms with E-state index in [9.17, 15) is 9.59 Å². The van der Waals surface area contributed by atoms with E-state index >= 15 is 0 Å². The first-order valence-corrected chi connectivity index (χ1v) is 9.56. The highest BCUT2D eigenvalue weighted by Gasteiger charge is 2.15. The molecule has 1 N–H and O–H groups in total. The van der Waals surface area contributed by atoms with E-state index < -0.39 is 5.91 Å². The van der Waals surface area contributed by atoms with Crippen molar-refractivity contribution in [1.82, 2.24) is 29.5 Å². The summed E-state index contributed by atoms with van der Waals surface area (Å²) in [5, 5.41) is 11.3. The molecule has 0 saturated carbocycles. The molecule has 3 aromatic rings. The van der Waals surface area contributed by atoms with Crippen LogP contribution in [-0.2, 0) is 16.1 Å². The van der Waals surface area contributed by atoms with Gasteiger partial charge in [0.2, 0.25) is 5.91 Å². The molecule has 0 aromatic carbocycles. The molecule has 0 unspecified atom stereocenters. The van der Waals surface area contributed by atoms with Crippen molar-refractivity contribution in [3.05, 3.63) is 52.3 Å². The zero-order valence-corrected chi connectivity index (χ0v) is 16.8. The molecule has 1 aliphatic heterocycles. The van der Waals surface area contributed by atoms with Crippen LogP contribution in [0.4, 0.5) is 11.6 Å². The molecular formula is C19H22N8O3. The van der Waals surface area contributed by atoms with Crippen LogP contribution in [0, 0.1) is 13.8 Å². The Kier molecular flexibility index (Phi) is 5.53. The third-order valence-electron chi connectivity index (χ3n) is 4.63. The van der Waals surface area contributed by atoms with Gasteiger partial charge in [-0.25, -0.2) is 19.3 Å². The topological polar surface area (TPSA) is 120 Å². The van der Waals surface area contributed by atoms with Gasteiger partial charge in [-0.3, -0.25) is 9.59 Å². The van der Waals surface area contributed by atoms with Crippen LogP contribution in [0.1, 0.15) is 11.4 Å². The summed E-state index contributed by atoms with van der Waals surface area (Å²) >= 11 is 0. The number of carbonyl (C=O) groups excluding carboxylic acids is 1. The Hall–Kier alpha value is -3.60. The van der Waals surface area contributed by atoms with Crippen LogP contribution in [-0.4, -0.2) is 61.7 Å². The molecule has 1 aliphatic rings.